The number of furan rings is 1. The highest BCUT2D eigenvalue weighted by molar-refractivity contribution is 6.12. The minimum Gasteiger partial charge on any atom is -0.399 e. The zero-order valence-corrected chi connectivity index (χ0v) is 15.1. The van der Waals surface area contributed by atoms with Crippen LogP contribution in [0.2, 0.25) is 0 Å². The van der Waals surface area contributed by atoms with Crippen LogP contribution in [-0.4, -0.2) is 44.5 Å². The van der Waals surface area contributed by atoms with E-state index >= 15 is 0 Å². The van der Waals surface area contributed by atoms with E-state index in [1.165, 1.54) is 17.1 Å². The molecule has 0 saturated carbocycles. The molecule has 10 nitrogen and oxygen atoms in total. The number of hydrogen-bond donors (Lipinski definition) is 1. The molecule has 0 amide bonds. The molecule has 1 aromatic rings. The molecule has 0 fully saturated rings. The molecular weight excluding hydrogens is 338 g/mol. The highest BCUT2D eigenvalue weighted by atomic mass is 16.6. The summed E-state index contributed by atoms with van der Waals surface area (Å²) in [6, 6.07) is 2.85. The monoisotopic (exact) mass is 359 g/mol. The lowest BCUT2D eigenvalue weighted by atomic mass is 10.1. The number of nitro groups is 1. The zero-order valence-electron chi connectivity index (χ0n) is 15.1. The van der Waals surface area contributed by atoms with Crippen molar-refractivity contribution in [3.8, 4) is 0 Å². The number of allylic oxidation sites excluding steroid dienone is 1. The fourth-order valence-electron chi connectivity index (χ4n) is 2.79. The third-order valence-electron chi connectivity index (χ3n) is 4.27. The summed E-state index contributed by atoms with van der Waals surface area (Å²) in [7, 11) is 0. The molecule has 3 rings (SSSR count). The number of hydrazine groups is 1. The summed E-state index contributed by atoms with van der Waals surface area (Å²) in [6.45, 7) is 9.32. The minimum atomic E-state index is -0.577. The SMILES string of the molecule is CCN(C=C1N=C(c2ccc([N+](=O)[O-])o2)C(C)=C2N(N)C(C)=NN12)CC. The van der Waals surface area contributed by atoms with Crippen LogP contribution in [0.15, 0.2) is 50.1 Å². The van der Waals surface area contributed by atoms with Crippen LogP contribution in [0.1, 0.15) is 33.5 Å². The van der Waals surface area contributed by atoms with E-state index in [0.717, 1.165) is 13.1 Å². The van der Waals surface area contributed by atoms with E-state index in [1.807, 2.05) is 27.0 Å². The van der Waals surface area contributed by atoms with E-state index in [-0.39, 0.29) is 5.88 Å². The fraction of sp³-hybridized carbons (Fsp3) is 0.375. The maximum Gasteiger partial charge on any atom is 0.433 e. The maximum atomic E-state index is 10.9. The van der Waals surface area contributed by atoms with Crippen LogP contribution < -0.4 is 5.84 Å². The van der Waals surface area contributed by atoms with Crippen molar-refractivity contribution in [2.24, 2.45) is 15.9 Å². The van der Waals surface area contributed by atoms with E-state index in [4.69, 9.17) is 10.3 Å². The number of fused-ring (bicyclic) bond motifs is 1. The highest BCUT2D eigenvalue weighted by Gasteiger charge is 2.35. The van der Waals surface area contributed by atoms with Crippen LogP contribution in [-0.2, 0) is 0 Å². The van der Waals surface area contributed by atoms with Gasteiger partial charge in [0.25, 0.3) is 0 Å². The number of rotatable bonds is 5. The summed E-state index contributed by atoms with van der Waals surface area (Å²) < 4.78 is 5.35. The molecule has 0 radical (unpaired) electrons. The third-order valence-corrected chi connectivity index (χ3v) is 4.27. The summed E-state index contributed by atoms with van der Waals surface area (Å²) >= 11 is 0. The Hall–Kier alpha value is -3.14. The van der Waals surface area contributed by atoms with Gasteiger partial charge < -0.3 is 9.32 Å². The molecule has 0 aromatic carbocycles. The second-order valence-electron chi connectivity index (χ2n) is 5.84. The van der Waals surface area contributed by atoms with Crippen molar-refractivity contribution < 1.29 is 9.34 Å². The van der Waals surface area contributed by atoms with Crippen LogP contribution in [0.25, 0.3) is 0 Å². The van der Waals surface area contributed by atoms with Crippen LogP contribution in [0.3, 0.4) is 0 Å². The Balaban J connectivity index is 2.13. The second-order valence-corrected chi connectivity index (χ2v) is 5.84. The number of hydrazone groups is 1. The first-order valence-corrected chi connectivity index (χ1v) is 8.27. The normalized spacial score (nSPS) is 18.3. The van der Waals surface area contributed by atoms with Crippen molar-refractivity contribution in [1.82, 2.24) is 14.9 Å². The third kappa shape index (κ3) is 2.84. The van der Waals surface area contributed by atoms with Gasteiger partial charge in [0.1, 0.15) is 16.5 Å². The lowest BCUT2D eigenvalue weighted by Gasteiger charge is -2.28. The lowest BCUT2D eigenvalue weighted by Crippen LogP contribution is -2.37. The molecular formula is C16H21N7O3. The molecule has 3 heterocycles. The number of aliphatic imine (C=N–C) groups is 1. The maximum absolute atomic E-state index is 10.9. The standard InChI is InChI=1S/C16H21N7O3/c1-5-20(6-2)9-13-18-15(12-7-8-14(26-12)23(24)25)10(3)16-21(17)11(4)19-22(13)16/h7-9H,5-6,17H2,1-4H3. The van der Waals surface area contributed by atoms with Gasteiger partial charge in [-0.25, -0.2) is 15.8 Å². The van der Waals surface area contributed by atoms with E-state index in [1.54, 1.807) is 11.9 Å². The average molecular weight is 359 g/mol. The van der Waals surface area contributed by atoms with Gasteiger partial charge in [-0.2, -0.15) is 10.1 Å². The Kier molecular flexibility index (Phi) is 4.51. The van der Waals surface area contributed by atoms with Gasteiger partial charge in [-0.15, -0.1) is 0 Å². The van der Waals surface area contributed by atoms with Crippen molar-refractivity contribution in [3.05, 3.63) is 51.4 Å². The van der Waals surface area contributed by atoms with Gasteiger partial charge in [-0.3, -0.25) is 10.1 Å². The largest absolute Gasteiger partial charge is 0.433 e. The second kappa shape index (κ2) is 6.64. The summed E-state index contributed by atoms with van der Waals surface area (Å²) in [5, 5.41) is 18.5. The predicted molar refractivity (Wildman–Crippen MR) is 96.6 cm³/mol. The molecule has 0 atom stereocenters. The van der Waals surface area contributed by atoms with E-state index < -0.39 is 4.92 Å². The molecule has 2 N–H and O–H groups in total. The summed E-state index contributed by atoms with van der Waals surface area (Å²) in [5.74, 6) is 7.95. The summed E-state index contributed by atoms with van der Waals surface area (Å²) in [5.41, 5.74) is 1.21. The molecule has 0 unspecified atom stereocenters. The number of nitrogens with two attached hydrogens (primary N) is 1. The highest BCUT2D eigenvalue weighted by Crippen LogP contribution is 2.33. The smallest absolute Gasteiger partial charge is 0.399 e. The van der Waals surface area contributed by atoms with Gasteiger partial charge in [-0.05, 0) is 33.8 Å². The Bertz CT molecular complexity index is 861. The Labute approximate surface area is 150 Å². The molecule has 2 aliphatic rings. The summed E-state index contributed by atoms with van der Waals surface area (Å²) in [6.07, 6.45) is 1.89. The first-order valence-electron chi connectivity index (χ1n) is 8.27. The van der Waals surface area contributed by atoms with E-state index in [2.05, 4.69) is 15.0 Å². The first kappa shape index (κ1) is 17.7. The van der Waals surface area contributed by atoms with Gasteiger partial charge in [0.05, 0.1) is 6.07 Å². The first-order chi connectivity index (χ1) is 12.4. The fourth-order valence-corrected chi connectivity index (χ4v) is 2.79. The van der Waals surface area contributed by atoms with Gasteiger partial charge in [0.2, 0.25) is 0 Å². The molecule has 138 valence electrons. The molecule has 0 aliphatic carbocycles. The summed E-state index contributed by atoms with van der Waals surface area (Å²) in [4.78, 5) is 17.1. The Morgan fingerprint density at radius 1 is 1.35 bits per heavy atom. The zero-order chi connectivity index (χ0) is 19.0. The van der Waals surface area contributed by atoms with Crippen molar-refractivity contribution in [1.29, 1.82) is 0 Å². The topological polar surface area (TPSA) is 117 Å². The Morgan fingerprint density at radius 3 is 2.62 bits per heavy atom. The van der Waals surface area contributed by atoms with Crippen LogP contribution in [0.4, 0.5) is 5.88 Å². The molecule has 2 aliphatic heterocycles. The van der Waals surface area contributed by atoms with Crippen molar-refractivity contribution >= 4 is 17.4 Å². The molecule has 0 spiro atoms. The number of nitrogens with zero attached hydrogens (tertiary/aromatic N) is 6. The van der Waals surface area contributed by atoms with Crippen LogP contribution >= 0.6 is 0 Å². The molecule has 1 aromatic heterocycles. The van der Waals surface area contributed by atoms with Crippen molar-refractivity contribution in [3.63, 3.8) is 0 Å². The Morgan fingerprint density at radius 2 is 2.04 bits per heavy atom. The van der Waals surface area contributed by atoms with Crippen LogP contribution in [0, 0.1) is 10.1 Å². The molecule has 10 heteroatoms. The minimum absolute atomic E-state index is 0.310. The average Bonchev–Trinajstić information content (AvgIpc) is 3.21. The predicted octanol–water partition coefficient (Wildman–Crippen LogP) is 2.19. The number of amidine groups is 1. The molecule has 0 saturated heterocycles. The molecule has 26 heavy (non-hydrogen) atoms. The van der Waals surface area contributed by atoms with E-state index in [9.17, 15) is 10.1 Å². The van der Waals surface area contributed by atoms with E-state index in [0.29, 0.717) is 34.5 Å². The lowest BCUT2D eigenvalue weighted by molar-refractivity contribution is -0.402. The van der Waals surface area contributed by atoms with Gasteiger partial charge in [-0.1, -0.05) is 0 Å². The quantitative estimate of drug-likeness (QED) is 0.486. The van der Waals surface area contributed by atoms with Crippen LogP contribution in [0.5, 0.6) is 0 Å². The van der Waals surface area contributed by atoms with Gasteiger partial charge in [0, 0.05) is 24.9 Å². The van der Waals surface area contributed by atoms with Crippen molar-refractivity contribution in [2.45, 2.75) is 27.7 Å². The van der Waals surface area contributed by atoms with Gasteiger partial charge in [0.15, 0.2) is 17.4 Å². The number of hydrogen-bond acceptors (Lipinski definition) is 9. The molecule has 0 bridgehead atoms. The van der Waals surface area contributed by atoms with Crippen molar-refractivity contribution in [2.75, 3.05) is 13.1 Å². The van der Waals surface area contributed by atoms with Gasteiger partial charge >= 0.3 is 5.88 Å².